The number of amides is 2. The molecule has 1 unspecified atom stereocenters. The van der Waals surface area contributed by atoms with Crippen LogP contribution in [0.25, 0.3) is 0 Å². The van der Waals surface area contributed by atoms with Crippen molar-refractivity contribution in [3.05, 3.63) is 18.2 Å². The Bertz CT molecular complexity index is 670. The lowest BCUT2D eigenvalue weighted by Crippen LogP contribution is -2.54. The van der Waals surface area contributed by atoms with Crippen molar-refractivity contribution in [2.45, 2.75) is 19.4 Å². The molecule has 3 rings (SSSR count). The average Bonchev–Trinajstić information content (AvgIpc) is 3.02. The Hall–Kier alpha value is -1.99. The van der Waals surface area contributed by atoms with Crippen molar-refractivity contribution >= 4 is 29.9 Å². The van der Waals surface area contributed by atoms with E-state index in [0.29, 0.717) is 30.3 Å². The quantitative estimate of drug-likeness (QED) is 0.848. The van der Waals surface area contributed by atoms with Crippen LogP contribution in [-0.4, -0.2) is 63.2 Å². The molecule has 2 amide bonds. The Balaban J connectivity index is 0.00000243. The highest BCUT2D eigenvalue weighted by atomic mass is 35.5. The number of nitrogens with one attached hydrogen (secondary N) is 1. The van der Waals surface area contributed by atoms with Gasteiger partial charge in [0.05, 0.1) is 25.8 Å². The third-order valence-corrected chi connectivity index (χ3v) is 4.94. The fraction of sp³-hybridized carbons (Fsp3) is 0.556. The average molecular weight is 384 g/mol. The van der Waals surface area contributed by atoms with Crippen LogP contribution < -0.4 is 19.7 Å². The van der Waals surface area contributed by atoms with Crippen molar-refractivity contribution in [1.82, 2.24) is 10.2 Å². The van der Waals surface area contributed by atoms with Crippen LogP contribution in [0.5, 0.6) is 11.5 Å². The van der Waals surface area contributed by atoms with Crippen molar-refractivity contribution in [1.29, 1.82) is 0 Å². The summed E-state index contributed by atoms with van der Waals surface area (Å²) in [5.74, 6) is 0.938. The van der Waals surface area contributed by atoms with Gasteiger partial charge in [0.15, 0.2) is 0 Å². The summed E-state index contributed by atoms with van der Waals surface area (Å²) in [6, 6.07) is 5.49. The van der Waals surface area contributed by atoms with Crippen LogP contribution in [0.15, 0.2) is 18.2 Å². The van der Waals surface area contributed by atoms with E-state index in [-0.39, 0.29) is 42.6 Å². The highest BCUT2D eigenvalue weighted by Crippen LogP contribution is 2.36. The first-order valence-electron chi connectivity index (χ1n) is 8.58. The molecule has 7 nitrogen and oxygen atoms in total. The summed E-state index contributed by atoms with van der Waals surface area (Å²) in [7, 11) is 3.14. The molecule has 2 aliphatic rings. The second-order valence-corrected chi connectivity index (χ2v) is 6.53. The topological polar surface area (TPSA) is 71.1 Å². The first kappa shape index (κ1) is 20.3. The van der Waals surface area contributed by atoms with Gasteiger partial charge in [-0.1, -0.05) is 0 Å². The maximum absolute atomic E-state index is 12.9. The highest BCUT2D eigenvalue weighted by molar-refractivity contribution is 6.01. The molecule has 2 aliphatic heterocycles. The molecule has 144 valence electrons. The lowest BCUT2D eigenvalue weighted by Gasteiger charge is -2.35. The van der Waals surface area contributed by atoms with Crippen molar-refractivity contribution in [3.63, 3.8) is 0 Å². The number of benzene rings is 1. The van der Waals surface area contributed by atoms with Crippen LogP contribution in [0.3, 0.4) is 0 Å². The molecule has 2 saturated heterocycles. The van der Waals surface area contributed by atoms with E-state index in [4.69, 9.17) is 9.47 Å². The lowest BCUT2D eigenvalue weighted by atomic mass is 10.1. The number of nitrogens with zero attached hydrogens (tertiary/aromatic N) is 2. The van der Waals surface area contributed by atoms with Crippen LogP contribution in [0.4, 0.5) is 5.69 Å². The van der Waals surface area contributed by atoms with Gasteiger partial charge in [0.25, 0.3) is 0 Å². The van der Waals surface area contributed by atoms with Crippen LogP contribution >= 0.6 is 12.4 Å². The van der Waals surface area contributed by atoms with Gasteiger partial charge in [-0.25, -0.2) is 0 Å². The molecule has 0 bridgehead atoms. The molecule has 1 N–H and O–H groups in total. The van der Waals surface area contributed by atoms with Crippen LogP contribution in [-0.2, 0) is 9.59 Å². The number of halogens is 1. The second-order valence-electron chi connectivity index (χ2n) is 6.53. The summed E-state index contributed by atoms with van der Waals surface area (Å²) in [5, 5.41) is 3.28. The van der Waals surface area contributed by atoms with Crippen molar-refractivity contribution in [3.8, 4) is 11.5 Å². The molecule has 0 aromatic heterocycles. The van der Waals surface area contributed by atoms with Crippen molar-refractivity contribution in [2.75, 3.05) is 45.3 Å². The van der Waals surface area contributed by atoms with Gasteiger partial charge in [-0.15, -0.1) is 12.4 Å². The van der Waals surface area contributed by atoms with Crippen LogP contribution in [0.1, 0.15) is 13.3 Å². The number of carbonyl (C=O) groups is 2. The molecule has 0 saturated carbocycles. The summed E-state index contributed by atoms with van der Waals surface area (Å²) in [6.45, 7) is 4.70. The maximum atomic E-state index is 12.9. The smallest absolute Gasteiger partial charge is 0.228 e. The number of hydrogen-bond acceptors (Lipinski definition) is 5. The molecule has 0 aliphatic carbocycles. The number of hydrogen-bond donors (Lipinski definition) is 1. The first-order chi connectivity index (χ1) is 12.0. The van der Waals surface area contributed by atoms with Crippen LogP contribution in [0, 0.1) is 5.92 Å². The van der Waals surface area contributed by atoms with Crippen molar-refractivity contribution in [2.24, 2.45) is 5.92 Å². The number of carbonyl (C=O) groups excluding carboxylic acids is 2. The van der Waals surface area contributed by atoms with E-state index in [0.717, 1.165) is 13.1 Å². The Morgan fingerprint density at radius 1 is 1.27 bits per heavy atom. The van der Waals surface area contributed by atoms with E-state index < -0.39 is 0 Å². The van der Waals surface area contributed by atoms with Gasteiger partial charge < -0.3 is 24.6 Å². The first-order valence-corrected chi connectivity index (χ1v) is 8.58. The third kappa shape index (κ3) is 3.88. The van der Waals surface area contributed by atoms with E-state index in [2.05, 4.69) is 5.32 Å². The molecule has 2 atom stereocenters. The number of ether oxygens (including phenoxy) is 2. The number of rotatable bonds is 4. The zero-order chi connectivity index (χ0) is 18.0. The summed E-state index contributed by atoms with van der Waals surface area (Å²) < 4.78 is 10.6. The van der Waals surface area contributed by atoms with E-state index in [1.807, 2.05) is 11.8 Å². The molecule has 1 aromatic rings. The SMILES string of the molecule is COc1ccc(N2CC(C(=O)N3CCNC[C@H]3C)CC2=O)c(OC)c1.Cl. The van der Waals surface area contributed by atoms with Gasteiger partial charge in [0.1, 0.15) is 11.5 Å². The molecule has 2 heterocycles. The zero-order valence-corrected chi connectivity index (χ0v) is 16.2. The zero-order valence-electron chi connectivity index (χ0n) is 15.4. The lowest BCUT2D eigenvalue weighted by molar-refractivity contribution is -0.138. The molecular weight excluding hydrogens is 358 g/mol. The second kappa shape index (κ2) is 8.60. The van der Waals surface area contributed by atoms with Gasteiger partial charge >= 0.3 is 0 Å². The highest BCUT2D eigenvalue weighted by Gasteiger charge is 2.39. The van der Waals surface area contributed by atoms with Gasteiger partial charge in [-0.2, -0.15) is 0 Å². The standard InChI is InChI=1S/C18H25N3O4.ClH/c1-12-10-19-6-7-20(12)18(23)13-8-17(22)21(11-13)15-5-4-14(24-2)9-16(15)25-3;/h4-5,9,12-13,19H,6-8,10-11H2,1-3H3;1H/t12-,13?;/m1./s1. The molecule has 0 radical (unpaired) electrons. The minimum atomic E-state index is -0.306. The molecule has 26 heavy (non-hydrogen) atoms. The van der Waals surface area contributed by atoms with E-state index in [1.54, 1.807) is 37.3 Å². The summed E-state index contributed by atoms with van der Waals surface area (Å²) in [4.78, 5) is 28.9. The minimum absolute atomic E-state index is 0. The fourth-order valence-corrected chi connectivity index (χ4v) is 3.52. The summed E-state index contributed by atoms with van der Waals surface area (Å²) in [6.07, 6.45) is 0.241. The van der Waals surface area contributed by atoms with E-state index in [9.17, 15) is 9.59 Å². The van der Waals surface area contributed by atoms with Gasteiger partial charge in [0.2, 0.25) is 11.8 Å². The Morgan fingerprint density at radius 2 is 2.04 bits per heavy atom. The molecule has 0 spiro atoms. The number of methoxy groups -OCH3 is 2. The van der Waals surface area contributed by atoms with E-state index in [1.165, 1.54) is 0 Å². The fourth-order valence-electron chi connectivity index (χ4n) is 3.52. The molecule has 2 fully saturated rings. The molecular formula is C18H26ClN3O4. The monoisotopic (exact) mass is 383 g/mol. The Labute approximate surface area is 160 Å². The van der Waals surface area contributed by atoms with Gasteiger partial charge in [-0.3, -0.25) is 9.59 Å². The number of anilines is 1. The predicted octanol–water partition coefficient (Wildman–Crippen LogP) is 1.30. The Morgan fingerprint density at radius 3 is 2.69 bits per heavy atom. The van der Waals surface area contributed by atoms with Crippen LogP contribution in [0.2, 0.25) is 0 Å². The van der Waals surface area contributed by atoms with Gasteiger partial charge in [-0.05, 0) is 19.1 Å². The Kier molecular flexibility index (Phi) is 6.72. The minimum Gasteiger partial charge on any atom is -0.497 e. The molecule has 8 heteroatoms. The molecule has 1 aromatic carbocycles. The maximum Gasteiger partial charge on any atom is 0.228 e. The number of piperazine rings is 1. The van der Waals surface area contributed by atoms with E-state index >= 15 is 0 Å². The normalized spacial score (nSPS) is 22.8. The summed E-state index contributed by atoms with van der Waals surface area (Å²) in [5.41, 5.74) is 0.678. The summed E-state index contributed by atoms with van der Waals surface area (Å²) >= 11 is 0. The van der Waals surface area contributed by atoms with Crippen molar-refractivity contribution < 1.29 is 19.1 Å². The third-order valence-electron chi connectivity index (χ3n) is 4.94. The van der Waals surface area contributed by atoms with Gasteiger partial charge in [0, 0.05) is 44.7 Å². The predicted molar refractivity (Wildman–Crippen MR) is 101 cm³/mol. The largest absolute Gasteiger partial charge is 0.497 e.